The van der Waals surface area contributed by atoms with Crippen molar-refractivity contribution in [1.82, 2.24) is 0 Å². The number of hydrogen-bond donors (Lipinski definition) is 0. The van der Waals surface area contributed by atoms with Crippen LogP contribution in [-0.2, 0) is 6.42 Å². The van der Waals surface area contributed by atoms with E-state index < -0.39 is 11.6 Å². The van der Waals surface area contributed by atoms with E-state index in [-0.39, 0.29) is 18.5 Å². The van der Waals surface area contributed by atoms with Gasteiger partial charge in [-0.3, -0.25) is 0 Å². The summed E-state index contributed by atoms with van der Waals surface area (Å²) >= 11 is 3.11. The Hall–Kier alpha value is -1.62. The maximum absolute atomic E-state index is 13.6. The summed E-state index contributed by atoms with van der Waals surface area (Å²) in [4.78, 5) is 0. The molecule has 0 saturated heterocycles. The number of para-hydroxylation sites is 1. The van der Waals surface area contributed by atoms with Gasteiger partial charge < -0.3 is 9.47 Å². The molecule has 1 unspecified atom stereocenters. The molecule has 2 nitrogen and oxygen atoms in total. The molecule has 0 radical (unpaired) electrons. The van der Waals surface area contributed by atoms with Gasteiger partial charge in [-0.25, -0.2) is 4.39 Å². The average Bonchev–Trinajstić information content (AvgIpc) is 2.84. The Morgan fingerprint density at radius 2 is 2.05 bits per heavy atom. The van der Waals surface area contributed by atoms with Gasteiger partial charge in [0.25, 0.3) is 0 Å². The van der Waals surface area contributed by atoms with Crippen molar-refractivity contribution in [2.24, 2.45) is 0 Å². The number of ether oxygens (including phenoxy) is 2. The first-order chi connectivity index (χ1) is 9.63. The number of hydrogen-bond acceptors (Lipinski definition) is 2. The van der Waals surface area contributed by atoms with Gasteiger partial charge in [-0.1, -0.05) is 34.1 Å². The predicted molar refractivity (Wildman–Crippen MR) is 74.1 cm³/mol. The molecule has 0 aromatic heterocycles. The summed E-state index contributed by atoms with van der Waals surface area (Å²) < 4.78 is 38.2. The molecule has 0 spiro atoms. The van der Waals surface area contributed by atoms with E-state index in [0.717, 1.165) is 17.4 Å². The van der Waals surface area contributed by atoms with E-state index in [9.17, 15) is 8.78 Å². The molecule has 2 aromatic rings. The van der Waals surface area contributed by atoms with Crippen LogP contribution in [0.3, 0.4) is 0 Å². The van der Waals surface area contributed by atoms with Gasteiger partial charge in [0, 0.05) is 10.9 Å². The lowest BCUT2D eigenvalue weighted by atomic mass is 10.1. The first kappa shape index (κ1) is 13.4. The molecule has 0 fully saturated rings. The van der Waals surface area contributed by atoms with Crippen LogP contribution in [0.4, 0.5) is 8.78 Å². The van der Waals surface area contributed by atoms with E-state index in [1.807, 2.05) is 24.3 Å². The number of halogens is 3. The molecule has 20 heavy (non-hydrogen) atoms. The normalized spacial score (nSPS) is 16.6. The largest absolute Gasteiger partial charge is 0.486 e. The Labute approximate surface area is 123 Å². The molecule has 5 heteroatoms. The second-order valence-corrected chi connectivity index (χ2v) is 5.48. The Bertz CT molecular complexity index is 621. The van der Waals surface area contributed by atoms with Gasteiger partial charge in [-0.05, 0) is 23.8 Å². The van der Waals surface area contributed by atoms with Crippen LogP contribution < -0.4 is 9.47 Å². The molecule has 0 saturated carbocycles. The molecule has 1 aliphatic heterocycles. The molecule has 2 aromatic carbocycles. The van der Waals surface area contributed by atoms with Gasteiger partial charge in [-0.2, -0.15) is 4.39 Å². The average molecular weight is 341 g/mol. The van der Waals surface area contributed by atoms with Crippen LogP contribution in [0.1, 0.15) is 5.56 Å². The molecule has 0 bridgehead atoms. The van der Waals surface area contributed by atoms with Crippen molar-refractivity contribution in [2.45, 2.75) is 12.5 Å². The quantitative estimate of drug-likeness (QED) is 0.783. The molecule has 1 aliphatic rings. The van der Waals surface area contributed by atoms with Crippen LogP contribution in [0.2, 0.25) is 0 Å². The van der Waals surface area contributed by atoms with E-state index in [1.54, 1.807) is 0 Å². The number of fused-ring (bicyclic) bond motifs is 1. The minimum absolute atomic E-state index is 0.114. The lowest BCUT2D eigenvalue weighted by molar-refractivity contribution is 0.144. The summed E-state index contributed by atoms with van der Waals surface area (Å²) in [5.41, 5.74) is 1.10. The van der Waals surface area contributed by atoms with Crippen molar-refractivity contribution in [3.8, 4) is 11.5 Å². The fraction of sp³-hybridized carbons (Fsp3) is 0.200. The van der Waals surface area contributed by atoms with Crippen molar-refractivity contribution >= 4 is 15.9 Å². The SMILES string of the molecule is Fc1cc(Br)cc(OCC2Cc3ccccc3O2)c1F. The van der Waals surface area contributed by atoms with E-state index in [4.69, 9.17) is 9.47 Å². The Morgan fingerprint density at radius 1 is 1.25 bits per heavy atom. The smallest absolute Gasteiger partial charge is 0.200 e. The fourth-order valence-corrected chi connectivity index (χ4v) is 2.58. The summed E-state index contributed by atoms with van der Waals surface area (Å²) in [7, 11) is 0. The van der Waals surface area contributed by atoms with Gasteiger partial charge in [0.2, 0.25) is 5.82 Å². The molecule has 104 valence electrons. The highest BCUT2D eigenvalue weighted by Gasteiger charge is 2.23. The van der Waals surface area contributed by atoms with Crippen LogP contribution in [0.15, 0.2) is 40.9 Å². The van der Waals surface area contributed by atoms with Gasteiger partial charge in [0.1, 0.15) is 18.5 Å². The van der Waals surface area contributed by atoms with Crippen LogP contribution in [0.25, 0.3) is 0 Å². The topological polar surface area (TPSA) is 18.5 Å². The Kier molecular flexibility index (Phi) is 3.61. The highest BCUT2D eigenvalue weighted by atomic mass is 79.9. The third kappa shape index (κ3) is 2.63. The minimum Gasteiger partial charge on any atom is -0.486 e. The second kappa shape index (κ2) is 5.40. The monoisotopic (exact) mass is 340 g/mol. The molecular formula is C15H11BrF2O2. The van der Waals surface area contributed by atoms with Crippen molar-refractivity contribution in [2.75, 3.05) is 6.61 Å². The number of rotatable bonds is 3. The van der Waals surface area contributed by atoms with Crippen LogP contribution in [-0.4, -0.2) is 12.7 Å². The highest BCUT2D eigenvalue weighted by molar-refractivity contribution is 9.10. The third-order valence-corrected chi connectivity index (χ3v) is 3.56. The summed E-state index contributed by atoms with van der Waals surface area (Å²) in [6.07, 6.45) is 0.516. The summed E-state index contributed by atoms with van der Waals surface area (Å²) in [6.45, 7) is 0.168. The van der Waals surface area contributed by atoms with E-state index in [2.05, 4.69) is 15.9 Å². The van der Waals surface area contributed by atoms with Crippen molar-refractivity contribution in [1.29, 1.82) is 0 Å². The van der Waals surface area contributed by atoms with Gasteiger partial charge in [-0.15, -0.1) is 0 Å². The molecule has 3 rings (SSSR count). The molecule has 1 heterocycles. The summed E-state index contributed by atoms with van der Waals surface area (Å²) in [5, 5.41) is 0. The first-order valence-corrected chi connectivity index (χ1v) is 6.94. The predicted octanol–water partition coefficient (Wildman–Crippen LogP) is 4.11. The Balaban J connectivity index is 1.67. The maximum atomic E-state index is 13.6. The summed E-state index contributed by atoms with van der Waals surface area (Å²) in [5.74, 6) is -1.22. The van der Waals surface area contributed by atoms with E-state index in [0.29, 0.717) is 10.9 Å². The van der Waals surface area contributed by atoms with Crippen molar-refractivity contribution < 1.29 is 18.3 Å². The fourth-order valence-electron chi connectivity index (χ4n) is 2.17. The highest BCUT2D eigenvalue weighted by Crippen LogP contribution is 2.30. The zero-order chi connectivity index (χ0) is 14.1. The molecule has 0 N–H and O–H groups in total. The molecular weight excluding hydrogens is 330 g/mol. The van der Waals surface area contributed by atoms with Gasteiger partial charge in [0.15, 0.2) is 11.6 Å². The second-order valence-electron chi connectivity index (χ2n) is 4.56. The van der Waals surface area contributed by atoms with Crippen LogP contribution in [0.5, 0.6) is 11.5 Å². The molecule has 0 aliphatic carbocycles. The molecule has 1 atom stereocenters. The zero-order valence-electron chi connectivity index (χ0n) is 10.4. The van der Waals surface area contributed by atoms with Crippen molar-refractivity contribution in [3.05, 3.63) is 58.1 Å². The maximum Gasteiger partial charge on any atom is 0.200 e. The van der Waals surface area contributed by atoms with E-state index >= 15 is 0 Å². The van der Waals surface area contributed by atoms with Crippen molar-refractivity contribution in [3.63, 3.8) is 0 Å². The van der Waals surface area contributed by atoms with Gasteiger partial charge in [0.05, 0.1) is 0 Å². The number of benzene rings is 2. The van der Waals surface area contributed by atoms with Crippen LogP contribution >= 0.6 is 15.9 Å². The summed E-state index contributed by atoms with van der Waals surface area (Å²) in [6, 6.07) is 10.2. The van der Waals surface area contributed by atoms with Gasteiger partial charge >= 0.3 is 0 Å². The third-order valence-electron chi connectivity index (χ3n) is 3.10. The zero-order valence-corrected chi connectivity index (χ0v) is 12.0. The standard InChI is InChI=1S/C15H11BrF2O2/c16-10-6-12(17)15(18)14(7-10)19-8-11-5-9-3-1-2-4-13(9)20-11/h1-4,6-7,11H,5,8H2. The molecule has 0 amide bonds. The van der Waals surface area contributed by atoms with Crippen LogP contribution in [0, 0.1) is 11.6 Å². The first-order valence-electron chi connectivity index (χ1n) is 6.15. The van der Waals surface area contributed by atoms with E-state index in [1.165, 1.54) is 6.07 Å². The lowest BCUT2D eigenvalue weighted by Gasteiger charge is -2.13. The Morgan fingerprint density at radius 3 is 2.85 bits per heavy atom. The lowest BCUT2D eigenvalue weighted by Crippen LogP contribution is -2.22. The minimum atomic E-state index is -0.983.